The van der Waals surface area contributed by atoms with Crippen molar-refractivity contribution in [3.63, 3.8) is 0 Å². The summed E-state index contributed by atoms with van der Waals surface area (Å²) in [5.41, 5.74) is 2.25. The van der Waals surface area contributed by atoms with E-state index in [0.29, 0.717) is 11.5 Å². The van der Waals surface area contributed by atoms with Gasteiger partial charge < -0.3 is 19.2 Å². The van der Waals surface area contributed by atoms with Crippen molar-refractivity contribution in [2.75, 3.05) is 31.6 Å². The summed E-state index contributed by atoms with van der Waals surface area (Å²) in [5, 5.41) is 2.56. The van der Waals surface area contributed by atoms with E-state index >= 15 is 0 Å². The molecule has 0 aliphatic carbocycles. The van der Waals surface area contributed by atoms with Gasteiger partial charge in [-0.2, -0.15) is 4.31 Å². The molecule has 1 aliphatic rings. The molecule has 180 valence electrons. The number of ether oxygens (including phenoxy) is 2. The molecule has 1 amide bonds. The molecule has 0 bridgehead atoms. The van der Waals surface area contributed by atoms with E-state index in [9.17, 15) is 17.6 Å². The second kappa shape index (κ2) is 9.96. The Kier molecular flexibility index (Phi) is 7.01. The number of aryl methyl sites for hydroxylation is 2. The van der Waals surface area contributed by atoms with Crippen LogP contribution in [-0.4, -0.2) is 44.9 Å². The average molecular weight is 489 g/mol. The van der Waals surface area contributed by atoms with Gasteiger partial charge in [0.1, 0.15) is 28.8 Å². The predicted octanol–water partition coefficient (Wildman–Crippen LogP) is 3.89. The highest BCUT2D eigenvalue weighted by Crippen LogP contribution is 2.25. The highest BCUT2D eigenvalue weighted by atomic mass is 32.2. The minimum Gasteiger partial charge on any atom is -0.485 e. The normalized spacial score (nSPS) is 14.7. The lowest BCUT2D eigenvalue weighted by molar-refractivity contribution is 0.0729. The number of furan rings is 1. The molecule has 0 atom stereocenters. The summed E-state index contributed by atoms with van der Waals surface area (Å²) in [7, 11) is -4.06. The fourth-order valence-corrected chi connectivity index (χ4v) is 5.08. The molecule has 1 aromatic heterocycles. The van der Waals surface area contributed by atoms with Gasteiger partial charge in [0.2, 0.25) is 10.0 Å². The molecular formula is C24H25FN2O6S. The Morgan fingerprint density at radius 2 is 1.85 bits per heavy atom. The zero-order valence-electron chi connectivity index (χ0n) is 18.8. The number of carbonyl (C=O) groups is 1. The van der Waals surface area contributed by atoms with Gasteiger partial charge in [-0.15, -0.1) is 0 Å². The first-order valence-corrected chi connectivity index (χ1v) is 12.2. The van der Waals surface area contributed by atoms with Gasteiger partial charge in [-0.3, -0.25) is 4.79 Å². The quantitative estimate of drug-likeness (QED) is 0.542. The lowest BCUT2D eigenvalue weighted by Gasteiger charge is -2.26. The summed E-state index contributed by atoms with van der Waals surface area (Å²) in [6.07, 6.45) is 0. The van der Waals surface area contributed by atoms with Crippen molar-refractivity contribution in [3.8, 4) is 5.75 Å². The first-order valence-electron chi connectivity index (χ1n) is 10.7. The number of halogens is 1. The number of anilines is 1. The monoisotopic (exact) mass is 488 g/mol. The molecule has 1 aliphatic heterocycles. The lowest BCUT2D eigenvalue weighted by Crippen LogP contribution is -2.40. The van der Waals surface area contributed by atoms with Crippen LogP contribution in [0.25, 0.3) is 0 Å². The molecule has 2 heterocycles. The third-order valence-corrected chi connectivity index (χ3v) is 7.28. The Labute approximate surface area is 197 Å². The van der Waals surface area contributed by atoms with Crippen LogP contribution >= 0.6 is 0 Å². The van der Waals surface area contributed by atoms with E-state index in [1.165, 1.54) is 12.1 Å². The van der Waals surface area contributed by atoms with E-state index < -0.39 is 26.6 Å². The summed E-state index contributed by atoms with van der Waals surface area (Å²) in [5.74, 6) is -0.318. The Balaban J connectivity index is 1.44. The molecule has 0 saturated carbocycles. The molecule has 2 aromatic carbocycles. The molecule has 0 unspecified atom stereocenters. The largest absolute Gasteiger partial charge is 0.485 e. The molecule has 3 aromatic rings. The Morgan fingerprint density at radius 1 is 1.09 bits per heavy atom. The highest BCUT2D eigenvalue weighted by molar-refractivity contribution is 7.89. The second-order valence-corrected chi connectivity index (χ2v) is 9.85. The van der Waals surface area contributed by atoms with Gasteiger partial charge in [-0.05, 0) is 55.8 Å². The number of nitrogens with one attached hydrogen (secondary N) is 1. The van der Waals surface area contributed by atoms with Crippen LogP contribution < -0.4 is 10.1 Å². The van der Waals surface area contributed by atoms with Gasteiger partial charge in [-0.1, -0.05) is 17.7 Å². The third-order valence-electron chi connectivity index (χ3n) is 5.36. The van der Waals surface area contributed by atoms with Crippen LogP contribution in [0.5, 0.6) is 5.75 Å². The number of nitrogens with zero attached hydrogens (tertiary/aromatic N) is 1. The summed E-state index contributed by atoms with van der Waals surface area (Å²) in [4.78, 5) is 12.1. The maximum absolute atomic E-state index is 14.4. The van der Waals surface area contributed by atoms with Gasteiger partial charge in [0.05, 0.1) is 13.2 Å². The van der Waals surface area contributed by atoms with E-state index in [4.69, 9.17) is 13.9 Å². The molecule has 1 saturated heterocycles. The number of morpholine rings is 1. The maximum atomic E-state index is 14.4. The van der Waals surface area contributed by atoms with Gasteiger partial charge in [0.15, 0.2) is 5.76 Å². The number of hydrogen-bond acceptors (Lipinski definition) is 6. The molecule has 8 nitrogen and oxygen atoms in total. The fourth-order valence-electron chi connectivity index (χ4n) is 3.59. The van der Waals surface area contributed by atoms with Crippen molar-refractivity contribution in [1.29, 1.82) is 0 Å². The Bertz CT molecular complexity index is 1300. The average Bonchev–Trinajstić information content (AvgIpc) is 3.29. The van der Waals surface area contributed by atoms with Crippen LogP contribution in [0, 0.1) is 19.7 Å². The molecular weight excluding hydrogens is 463 g/mol. The number of hydrogen-bond donors (Lipinski definition) is 1. The van der Waals surface area contributed by atoms with Crippen molar-refractivity contribution in [1.82, 2.24) is 4.31 Å². The van der Waals surface area contributed by atoms with Crippen molar-refractivity contribution in [2.24, 2.45) is 0 Å². The van der Waals surface area contributed by atoms with Gasteiger partial charge >= 0.3 is 0 Å². The minimum atomic E-state index is -4.06. The second-order valence-electron chi connectivity index (χ2n) is 7.94. The first-order chi connectivity index (χ1) is 16.2. The Hall–Kier alpha value is -3.21. The molecule has 1 N–H and O–H groups in total. The van der Waals surface area contributed by atoms with Crippen LogP contribution in [-0.2, 0) is 21.4 Å². The van der Waals surface area contributed by atoms with Crippen LogP contribution in [0.4, 0.5) is 10.1 Å². The number of sulfonamides is 1. The summed E-state index contributed by atoms with van der Waals surface area (Å²) < 4.78 is 57.7. The summed E-state index contributed by atoms with van der Waals surface area (Å²) >= 11 is 0. The van der Waals surface area contributed by atoms with E-state index in [1.54, 1.807) is 6.07 Å². The van der Waals surface area contributed by atoms with E-state index in [0.717, 1.165) is 27.6 Å². The SMILES string of the molecule is Cc1ccc(OCc2ccc(C(=O)Nc3ccc(F)c(S(=O)(=O)N4CCOCC4)c3)o2)c(C)c1. The number of rotatable bonds is 7. The predicted molar refractivity (Wildman–Crippen MR) is 123 cm³/mol. The highest BCUT2D eigenvalue weighted by Gasteiger charge is 2.29. The molecule has 4 rings (SSSR count). The van der Waals surface area contributed by atoms with Crippen molar-refractivity contribution < 1.29 is 31.5 Å². The van der Waals surface area contributed by atoms with Crippen LogP contribution in [0.15, 0.2) is 57.8 Å². The molecule has 34 heavy (non-hydrogen) atoms. The molecule has 1 fully saturated rings. The summed E-state index contributed by atoms with van der Waals surface area (Å²) in [6.45, 7) is 4.83. The fraction of sp³-hybridized carbons (Fsp3) is 0.292. The van der Waals surface area contributed by atoms with Crippen molar-refractivity contribution >= 4 is 21.6 Å². The lowest BCUT2D eigenvalue weighted by atomic mass is 10.1. The summed E-state index contributed by atoms with van der Waals surface area (Å²) in [6, 6.07) is 12.3. The van der Waals surface area contributed by atoms with Crippen molar-refractivity contribution in [2.45, 2.75) is 25.3 Å². The standard InChI is InChI=1S/C24H25FN2O6S/c1-16-3-7-21(17(2)13-16)32-15-19-5-8-22(33-19)24(28)26-18-4-6-20(25)23(14-18)34(29,30)27-9-11-31-12-10-27/h3-8,13-14H,9-12,15H2,1-2H3,(H,26,28). The van der Waals surface area contributed by atoms with Gasteiger partial charge in [0.25, 0.3) is 5.91 Å². The third kappa shape index (κ3) is 5.30. The molecule has 10 heteroatoms. The van der Waals surface area contributed by atoms with E-state index in [-0.39, 0.29) is 44.4 Å². The Morgan fingerprint density at radius 3 is 2.59 bits per heavy atom. The zero-order chi connectivity index (χ0) is 24.3. The zero-order valence-corrected chi connectivity index (χ0v) is 19.7. The number of amides is 1. The first kappa shape index (κ1) is 23.9. The number of carbonyl (C=O) groups excluding carboxylic acids is 1. The van der Waals surface area contributed by atoms with E-state index in [2.05, 4.69) is 5.32 Å². The number of benzene rings is 2. The molecule has 0 spiro atoms. The van der Waals surface area contributed by atoms with Gasteiger partial charge in [0, 0.05) is 18.8 Å². The maximum Gasteiger partial charge on any atom is 0.291 e. The smallest absolute Gasteiger partial charge is 0.291 e. The minimum absolute atomic E-state index is 0.0149. The topological polar surface area (TPSA) is 98.1 Å². The van der Waals surface area contributed by atoms with Crippen LogP contribution in [0.3, 0.4) is 0 Å². The van der Waals surface area contributed by atoms with Crippen LogP contribution in [0.1, 0.15) is 27.4 Å². The van der Waals surface area contributed by atoms with Crippen LogP contribution in [0.2, 0.25) is 0 Å². The van der Waals surface area contributed by atoms with Gasteiger partial charge in [-0.25, -0.2) is 12.8 Å². The molecule has 0 radical (unpaired) electrons. The van der Waals surface area contributed by atoms with E-state index in [1.807, 2.05) is 32.0 Å². The van der Waals surface area contributed by atoms with Crippen molar-refractivity contribution in [3.05, 3.63) is 77.0 Å².